The quantitative estimate of drug-likeness (QED) is 0.502. The Bertz CT molecular complexity index is 1460. The molecule has 4 amide bonds. The molecule has 1 aromatic carbocycles. The van der Waals surface area contributed by atoms with Gasteiger partial charge < -0.3 is 19.2 Å². The van der Waals surface area contributed by atoms with E-state index < -0.39 is 23.3 Å². The maximum absolute atomic E-state index is 13.2. The van der Waals surface area contributed by atoms with Gasteiger partial charge in [-0.2, -0.15) is 0 Å². The highest BCUT2D eigenvalue weighted by Crippen LogP contribution is 2.39. The fourth-order valence-corrected chi connectivity index (χ4v) is 5.18. The molecule has 0 unspecified atom stereocenters. The van der Waals surface area contributed by atoms with E-state index in [-0.39, 0.29) is 50.1 Å². The number of aliphatic hydroxyl groups is 1. The van der Waals surface area contributed by atoms with Crippen molar-refractivity contribution in [3.8, 4) is 5.75 Å². The summed E-state index contributed by atoms with van der Waals surface area (Å²) >= 11 is 0. The molecule has 0 radical (unpaired) electrons. The van der Waals surface area contributed by atoms with E-state index in [1.165, 1.54) is 16.9 Å². The van der Waals surface area contributed by atoms with E-state index in [4.69, 9.17) is 9.15 Å². The SMILES string of the molecule is COc1ccc2c(c1)C(=O)N(C[C@@]1(c3cc4nc(N5C[C@H](O)CC5=O)ccc4o3)CC(=O)NC1=O)C2. The van der Waals surface area contributed by atoms with Crippen molar-refractivity contribution in [1.82, 2.24) is 15.2 Å². The van der Waals surface area contributed by atoms with Crippen molar-refractivity contribution in [1.29, 1.82) is 0 Å². The third kappa shape index (κ3) is 3.34. The fourth-order valence-electron chi connectivity index (χ4n) is 5.18. The van der Waals surface area contributed by atoms with Gasteiger partial charge in [-0.1, -0.05) is 6.07 Å². The second-order valence-corrected chi connectivity index (χ2v) is 9.35. The van der Waals surface area contributed by atoms with Gasteiger partial charge in [-0.25, -0.2) is 4.98 Å². The molecule has 0 aliphatic carbocycles. The number of anilines is 1. The molecule has 11 nitrogen and oxygen atoms in total. The lowest BCUT2D eigenvalue weighted by atomic mass is 9.82. The number of carbonyl (C=O) groups excluding carboxylic acids is 4. The lowest BCUT2D eigenvalue weighted by Gasteiger charge is -2.28. The zero-order valence-electron chi connectivity index (χ0n) is 19.3. The average Bonchev–Trinajstić information content (AvgIpc) is 3.58. The number of amides is 4. The number of ether oxygens (including phenoxy) is 1. The van der Waals surface area contributed by atoms with Crippen molar-refractivity contribution >= 4 is 40.5 Å². The number of nitrogens with one attached hydrogen (secondary N) is 1. The van der Waals surface area contributed by atoms with Crippen LogP contribution in [-0.2, 0) is 26.3 Å². The second-order valence-electron chi connectivity index (χ2n) is 9.35. The molecule has 0 bridgehead atoms. The molecule has 3 aromatic rings. The molecule has 5 heterocycles. The maximum atomic E-state index is 13.2. The molecule has 3 aliphatic rings. The van der Waals surface area contributed by atoms with Gasteiger partial charge in [0.2, 0.25) is 17.7 Å². The number of imide groups is 1. The Labute approximate surface area is 204 Å². The average molecular weight is 490 g/mol. The van der Waals surface area contributed by atoms with Crippen LogP contribution >= 0.6 is 0 Å². The molecule has 36 heavy (non-hydrogen) atoms. The third-order valence-corrected chi connectivity index (χ3v) is 7.02. The largest absolute Gasteiger partial charge is 0.497 e. The minimum Gasteiger partial charge on any atom is -0.497 e. The van der Waals surface area contributed by atoms with E-state index >= 15 is 0 Å². The van der Waals surface area contributed by atoms with Gasteiger partial charge >= 0.3 is 0 Å². The van der Waals surface area contributed by atoms with E-state index in [9.17, 15) is 24.3 Å². The minimum absolute atomic E-state index is 0.0277. The number of fused-ring (bicyclic) bond motifs is 2. The van der Waals surface area contributed by atoms with E-state index in [1.807, 2.05) is 6.07 Å². The summed E-state index contributed by atoms with van der Waals surface area (Å²) in [5.74, 6) is -0.397. The van der Waals surface area contributed by atoms with Crippen LogP contribution in [0.25, 0.3) is 11.1 Å². The number of aliphatic hydroxyl groups excluding tert-OH is 1. The number of pyridine rings is 1. The summed E-state index contributed by atoms with van der Waals surface area (Å²) in [6.07, 6.45) is -0.910. The first-order valence-corrected chi connectivity index (χ1v) is 11.5. The molecule has 2 aromatic heterocycles. The molecule has 2 saturated heterocycles. The van der Waals surface area contributed by atoms with Crippen molar-refractivity contribution in [2.45, 2.75) is 30.9 Å². The number of carbonyl (C=O) groups is 4. The summed E-state index contributed by atoms with van der Waals surface area (Å²) in [7, 11) is 1.52. The van der Waals surface area contributed by atoms with Crippen LogP contribution in [0.1, 0.15) is 34.5 Å². The number of hydrogen-bond donors (Lipinski definition) is 2. The van der Waals surface area contributed by atoms with Crippen molar-refractivity contribution in [2.75, 3.05) is 25.1 Å². The number of aromatic nitrogens is 1. The summed E-state index contributed by atoms with van der Waals surface area (Å²) < 4.78 is 11.2. The van der Waals surface area contributed by atoms with Crippen molar-refractivity contribution in [3.63, 3.8) is 0 Å². The monoisotopic (exact) mass is 490 g/mol. The molecule has 6 rings (SSSR count). The highest BCUT2D eigenvalue weighted by atomic mass is 16.5. The number of furan rings is 1. The van der Waals surface area contributed by atoms with Crippen LogP contribution in [0, 0.1) is 0 Å². The van der Waals surface area contributed by atoms with Crippen LogP contribution in [0.3, 0.4) is 0 Å². The van der Waals surface area contributed by atoms with E-state index in [0.29, 0.717) is 28.2 Å². The lowest BCUT2D eigenvalue weighted by molar-refractivity contribution is -0.127. The number of methoxy groups -OCH3 is 1. The predicted molar refractivity (Wildman–Crippen MR) is 124 cm³/mol. The van der Waals surface area contributed by atoms with Crippen LogP contribution in [0.4, 0.5) is 5.82 Å². The molecular formula is C25H22N4O7. The topological polar surface area (TPSA) is 142 Å². The van der Waals surface area contributed by atoms with Gasteiger partial charge in [0.1, 0.15) is 28.3 Å². The molecule has 0 saturated carbocycles. The smallest absolute Gasteiger partial charge is 0.254 e. The first-order valence-electron chi connectivity index (χ1n) is 11.5. The number of β-amino-alcohol motifs (C(OH)–C–C–N with tert-alkyl or cyclic N) is 1. The molecule has 184 valence electrons. The number of benzene rings is 1. The Morgan fingerprint density at radius 2 is 2.03 bits per heavy atom. The van der Waals surface area contributed by atoms with Crippen LogP contribution in [0.2, 0.25) is 0 Å². The summed E-state index contributed by atoms with van der Waals surface area (Å²) in [6, 6.07) is 10.0. The zero-order chi connectivity index (χ0) is 25.2. The molecule has 3 aliphatic heterocycles. The number of rotatable bonds is 5. The number of nitrogens with zero attached hydrogens (tertiary/aromatic N) is 3. The Hall–Kier alpha value is -4.25. The molecule has 2 atom stereocenters. The zero-order valence-corrected chi connectivity index (χ0v) is 19.3. The van der Waals surface area contributed by atoms with E-state index in [2.05, 4.69) is 10.3 Å². The first-order chi connectivity index (χ1) is 17.3. The molecular weight excluding hydrogens is 468 g/mol. The molecule has 2 N–H and O–H groups in total. The standard InChI is InChI=1S/C25H22N4O7/c1-35-15-3-2-13-10-28(23(33)16(13)7-15)12-25(9-21(31)27-24(25)34)19-8-17-18(36-19)4-5-20(26-17)29-11-14(30)6-22(29)32/h2-5,7-8,14,30H,6,9-12H2,1H3,(H,27,31,34)/t14-,25-/m1/s1. The van der Waals surface area contributed by atoms with Gasteiger partial charge in [-0.15, -0.1) is 0 Å². The molecule has 11 heteroatoms. The first kappa shape index (κ1) is 22.2. The van der Waals surface area contributed by atoms with Crippen molar-refractivity contribution in [2.24, 2.45) is 0 Å². The molecule has 0 spiro atoms. The van der Waals surface area contributed by atoms with Crippen LogP contribution in [0.15, 0.2) is 40.8 Å². The predicted octanol–water partition coefficient (Wildman–Crippen LogP) is 0.874. The summed E-state index contributed by atoms with van der Waals surface area (Å²) in [6.45, 7) is 0.360. The van der Waals surface area contributed by atoms with Gasteiger partial charge in [0.15, 0.2) is 5.58 Å². The minimum atomic E-state index is -1.43. The Morgan fingerprint density at radius 3 is 2.72 bits per heavy atom. The molecule has 2 fully saturated rings. The van der Waals surface area contributed by atoms with Gasteiger partial charge in [-0.05, 0) is 29.8 Å². The normalized spacial score (nSPS) is 23.7. The van der Waals surface area contributed by atoms with Crippen molar-refractivity contribution < 1.29 is 33.4 Å². The van der Waals surface area contributed by atoms with Crippen LogP contribution < -0.4 is 15.0 Å². The van der Waals surface area contributed by atoms with E-state index in [0.717, 1.165) is 5.56 Å². The fraction of sp³-hybridized carbons (Fsp3) is 0.320. The lowest BCUT2D eigenvalue weighted by Crippen LogP contribution is -2.46. The van der Waals surface area contributed by atoms with Crippen LogP contribution in [-0.4, -0.2) is 64.9 Å². The van der Waals surface area contributed by atoms with Gasteiger partial charge in [0.25, 0.3) is 5.91 Å². The third-order valence-electron chi connectivity index (χ3n) is 7.02. The van der Waals surface area contributed by atoms with Gasteiger partial charge in [0, 0.05) is 24.7 Å². The summed E-state index contributed by atoms with van der Waals surface area (Å²) in [4.78, 5) is 58.3. The van der Waals surface area contributed by atoms with Gasteiger partial charge in [-0.3, -0.25) is 29.4 Å². The van der Waals surface area contributed by atoms with Crippen LogP contribution in [0.5, 0.6) is 5.75 Å². The highest BCUT2D eigenvalue weighted by Gasteiger charge is 2.53. The summed E-state index contributed by atoms with van der Waals surface area (Å²) in [5.41, 5.74) is 0.619. The highest BCUT2D eigenvalue weighted by molar-refractivity contribution is 6.10. The van der Waals surface area contributed by atoms with E-state index in [1.54, 1.807) is 30.3 Å². The van der Waals surface area contributed by atoms with Gasteiger partial charge in [0.05, 0.1) is 32.6 Å². The second kappa shape index (κ2) is 7.89. The summed E-state index contributed by atoms with van der Waals surface area (Å²) in [5, 5.41) is 12.2. The Morgan fingerprint density at radius 1 is 1.19 bits per heavy atom. The van der Waals surface area contributed by atoms with Crippen molar-refractivity contribution in [3.05, 3.63) is 53.3 Å². The Balaban J connectivity index is 1.36. The maximum Gasteiger partial charge on any atom is 0.254 e. The Kier molecular flexibility index (Phi) is 4.87. The number of hydrogen-bond acceptors (Lipinski definition) is 8.